The molecule has 0 amide bonds. The van der Waals surface area contributed by atoms with E-state index in [-0.39, 0.29) is 5.69 Å². The lowest BCUT2D eigenvalue weighted by atomic mass is 10.2. The van der Waals surface area contributed by atoms with E-state index >= 15 is 0 Å². The molecular weight excluding hydrogens is 312 g/mol. The lowest BCUT2D eigenvalue weighted by Gasteiger charge is -2.06. The van der Waals surface area contributed by atoms with Gasteiger partial charge in [-0.15, -0.1) is 0 Å². The monoisotopic (exact) mass is 323 g/mol. The first kappa shape index (κ1) is 13.7. The number of hydrogen-bond donors (Lipinski definition) is 1. The van der Waals surface area contributed by atoms with Crippen molar-refractivity contribution >= 4 is 27.7 Å². The third-order valence-electron chi connectivity index (χ3n) is 2.51. The molecule has 0 aromatic heterocycles. The maximum atomic E-state index is 13.5. The molecule has 0 aliphatic heterocycles. The van der Waals surface area contributed by atoms with E-state index in [1.54, 1.807) is 0 Å². The van der Waals surface area contributed by atoms with Crippen molar-refractivity contribution in [3.8, 4) is 0 Å². The van der Waals surface area contributed by atoms with E-state index in [9.17, 15) is 8.78 Å². The lowest BCUT2D eigenvalue weighted by molar-refractivity contribution is 0.587. The van der Waals surface area contributed by atoms with Gasteiger partial charge in [0.2, 0.25) is 0 Å². The molecule has 0 bridgehead atoms. The fourth-order valence-corrected chi connectivity index (χ4v) is 2.03. The second-order valence-corrected chi connectivity index (χ2v) is 4.85. The Balaban J connectivity index is 1.98. The quantitative estimate of drug-likeness (QED) is 0.847. The smallest absolute Gasteiger partial charge is 0.150 e. The molecule has 0 fully saturated rings. The number of hydrogen-bond acceptors (Lipinski definition) is 1. The number of anilines is 1. The SMILES string of the molecule is Fc1cc(Br)cc(F)c1NCC=Cc1ccccc1. The lowest BCUT2D eigenvalue weighted by Crippen LogP contribution is -2.03. The molecule has 0 heterocycles. The first-order chi connectivity index (χ1) is 9.16. The van der Waals surface area contributed by atoms with Crippen molar-refractivity contribution in [1.82, 2.24) is 0 Å². The van der Waals surface area contributed by atoms with Crippen LogP contribution in [0.4, 0.5) is 14.5 Å². The molecule has 2 aromatic carbocycles. The highest BCUT2D eigenvalue weighted by molar-refractivity contribution is 9.10. The summed E-state index contributed by atoms with van der Waals surface area (Å²) in [7, 11) is 0. The Morgan fingerprint density at radius 3 is 2.32 bits per heavy atom. The van der Waals surface area contributed by atoms with Crippen LogP contribution in [0.1, 0.15) is 5.56 Å². The van der Waals surface area contributed by atoms with Crippen LogP contribution >= 0.6 is 15.9 Å². The molecule has 98 valence electrons. The minimum Gasteiger partial charge on any atom is -0.377 e. The maximum Gasteiger partial charge on any atom is 0.150 e. The van der Waals surface area contributed by atoms with Gasteiger partial charge >= 0.3 is 0 Å². The number of benzene rings is 2. The molecule has 0 aliphatic rings. The summed E-state index contributed by atoms with van der Waals surface area (Å²) in [5.41, 5.74) is 0.932. The molecule has 1 N–H and O–H groups in total. The van der Waals surface area contributed by atoms with Gasteiger partial charge < -0.3 is 5.32 Å². The fraction of sp³-hybridized carbons (Fsp3) is 0.0667. The number of nitrogens with one attached hydrogen (secondary N) is 1. The van der Waals surface area contributed by atoms with E-state index < -0.39 is 11.6 Å². The molecular formula is C15H12BrF2N. The van der Waals surface area contributed by atoms with Crippen molar-refractivity contribution in [3.05, 3.63) is 70.2 Å². The average molecular weight is 324 g/mol. The zero-order valence-electron chi connectivity index (χ0n) is 10.0. The first-order valence-corrected chi connectivity index (χ1v) is 6.56. The van der Waals surface area contributed by atoms with Gasteiger partial charge in [-0.25, -0.2) is 8.78 Å². The third-order valence-corrected chi connectivity index (χ3v) is 2.97. The zero-order valence-corrected chi connectivity index (χ0v) is 11.6. The minimum absolute atomic E-state index is 0.110. The van der Waals surface area contributed by atoms with Gasteiger partial charge in [-0.2, -0.15) is 0 Å². The van der Waals surface area contributed by atoms with E-state index in [0.29, 0.717) is 11.0 Å². The van der Waals surface area contributed by atoms with Gasteiger partial charge in [-0.1, -0.05) is 58.4 Å². The fourth-order valence-electron chi connectivity index (χ4n) is 1.63. The maximum absolute atomic E-state index is 13.5. The highest BCUT2D eigenvalue weighted by Crippen LogP contribution is 2.23. The normalized spacial score (nSPS) is 10.9. The van der Waals surface area contributed by atoms with Gasteiger partial charge in [0.15, 0.2) is 0 Å². The van der Waals surface area contributed by atoms with Crippen LogP contribution in [0.15, 0.2) is 53.0 Å². The van der Waals surface area contributed by atoms with Crippen LogP contribution in [0.3, 0.4) is 0 Å². The average Bonchev–Trinajstić information content (AvgIpc) is 2.38. The summed E-state index contributed by atoms with van der Waals surface area (Å²) in [6.45, 7) is 0.352. The first-order valence-electron chi connectivity index (χ1n) is 5.77. The molecule has 0 saturated carbocycles. The standard InChI is InChI=1S/C15H12BrF2N/c16-12-9-13(17)15(14(18)10-12)19-8-4-7-11-5-2-1-3-6-11/h1-7,9-10,19H,8H2. The minimum atomic E-state index is -0.611. The van der Waals surface area contributed by atoms with Gasteiger partial charge in [0.25, 0.3) is 0 Å². The Kier molecular flexibility index (Phi) is 4.68. The predicted molar refractivity (Wildman–Crippen MR) is 78.0 cm³/mol. The van der Waals surface area contributed by atoms with Crippen molar-refractivity contribution in [1.29, 1.82) is 0 Å². The molecule has 0 spiro atoms. The van der Waals surface area contributed by atoms with Crippen LogP contribution in [0.25, 0.3) is 6.08 Å². The summed E-state index contributed by atoms with van der Waals surface area (Å²) in [5, 5.41) is 2.72. The molecule has 0 saturated heterocycles. The van der Waals surface area contributed by atoms with E-state index in [4.69, 9.17) is 0 Å². The number of rotatable bonds is 4. The van der Waals surface area contributed by atoms with Gasteiger partial charge in [-0.05, 0) is 17.7 Å². The van der Waals surface area contributed by atoms with E-state index in [1.807, 2.05) is 42.5 Å². The van der Waals surface area contributed by atoms with Crippen molar-refractivity contribution in [2.75, 3.05) is 11.9 Å². The molecule has 0 aliphatic carbocycles. The second-order valence-electron chi connectivity index (χ2n) is 3.94. The van der Waals surface area contributed by atoms with E-state index in [2.05, 4.69) is 21.2 Å². The van der Waals surface area contributed by atoms with Gasteiger partial charge in [0.1, 0.15) is 17.3 Å². The second kappa shape index (κ2) is 6.48. The molecule has 2 rings (SSSR count). The van der Waals surface area contributed by atoms with Crippen molar-refractivity contribution in [3.63, 3.8) is 0 Å². The molecule has 0 unspecified atom stereocenters. The van der Waals surface area contributed by atoms with Gasteiger partial charge in [0.05, 0.1) is 0 Å². The third kappa shape index (κ3) is 3.89. The Morgan fingerprint density at radius 2 is 1.68 bits per heavy atom. The van der Waals surface area contributed by atoms with Crippen LogP contribution in [0, 0.1) is 11.6 Å². The highest BCUT2D eigenvalue weighted by Gasteiger charge is 2.08. The van der Waals surface area contributed by atoms with Crippen molar-refractivity contribution < 1.29 is 8.78 Å². The summed E-state index contributed by atoms with van der Waals surface area (Å²) < 4.78 is 27.4. The van der Waals surface area contributed by atoms with Crippen LogP contribution in [0.2, 0.25) is 0 Å². The van der Waals surface area contributed by atoms with Crippen molar-refractivity contribution in [2.24, 2.45) is 0 Å². The van der Waals surface area contributed by atoms with Crippen molar-refractivity contribution in [2.45, 2.75) is 0 Å². The molecule has 4 heteroatoms. The van der Waals surface area contributed by atoms with Crippen LogP contribution in [-0.2, 0) is 0 Å². The summed E-state index contributed by atoms with van der Waals surface area (Å²) in [6.07, 6.45) is 3.71. The largest absolute Gasteiger partial charge is 0.377 e. The zero-order chi connectivity index (χ0) is 13.7. The topological polar surface area (TPSA) is 12.0 Å². The van der Waals surface area contributed by atoms with Gasteiger partial charge in [0, 0.05) is 11.0 Å². The Morgan fingerprint density at radius 1 is 1.05 bits per heavy atom. The molecule has 1 nitrogen and oxygen atoms in total. The highest BCUT2D eigenvalue weighted by atomic mass is 79.9. The predicted octanol–water partition coefficient (Wildman–Crippen LogP) is 4.85. The van der Waals surface area contributed by atoms with E-state index in [0.717, 1.165) is 5.56 Å². The number of halogens is 3. The summed E-state index contributed by atoms with van der Waals surface area (Å²) >= 11 is 3.04. The summed E-state index contributed by atoms with van der Waals surface area (Å²) in [6, 6.07) is 12.2. The van der Waals surface area contributed by atoms with Gasteiger partial charge in [-0.3, -0.25) is 0 Å². The molecule has 0 radical (unpaired) electrons. The summed E-state index contributed by atoms with van der Waals surface area (Å²) in [4.78, 5) is 0. The van der Waals surface area contributed by atoms with Crippen LogP contribution in [0.5, 0.6) is 0 Å². The van der Waals surface area contributed by atoms with Crippen LogP contribution < -0.4 is 5.32 Å². The molecule has 2 aromatic rings. The van der Waals surface area contributed by atoms with Crippen LogP contribution in [-0.4, -0.2) is 6.54 Å². The summed E-state index contributed by atoms with van der Waals surface area (Å²) in [5.74, 6) is -1.22. The molecule has 0 atom stereocenters. The Labute approximate surface area is 119 Å². The Hall–Kier alpha value is -1.68. The molecule has 19 heavy (non-hydrogen) atoms. The van der Waals surface area contributed by atoms with E-state index in [1.165, 1.54) is 12.1 Å². The Bertz CT molecular complexity index is 559.